The number of carbonyl (C=O) groups is 2. The van der Waals surface area contributed by atoms with Gasteiger partial charge in [0, 0.05) is 19.0 Å². The lowest BCUT2D eigenvalue weighted by Gasteiger charge is -2.35. The second-order valence-electron chi connectivity index (χ2n) is 4.53. The second kappa shape index (κ2) is 6.59. The Morgan fingerprint density at radius 3 is 2.76 bits per heavy atom. The summed E-state index contributed by atoms with van der Waals surface area (Å²) in [7, 11) is 3.19. The molecular weight excluding hydrogens is 220 g/mol. The zero-order valence-electron chi connectivity index (χ0n) is 10.9. The van der Waals surface area contributed by atoms with Gasteiger partial charge in [0.15, 0.2) is 0 Å². The predicted octanol–water partition coefficient (Wildman–Crippen LogP) is 0.396. The summed E-state index contributed by atoms with van der Waals surface area (Å²) in [6, 6.07) is -0.388. The van der Waals surface area contributed by atoms with Gasteiger partial charge in [0.1, 0.15) is 6.04 Å². The standard InChI is InChI=1S/C12H22N2O3/c1-9(8-13-2)11(15)14-7-5-4-6-10(14)12(16)17-3/h9-10,13H,4-8H2,1-3H3. The van der Waals surface area contributed by atoms with E-state index in [1.807, 2.05) is 14.0 Å². The second-order valence-corrected chi connectivity index (χ2v) is 4.53. The van der Waals surface area contributed by atoms with Gasteiger partial charge >= 0.3 is 5.97 Å². The molecule has 1 heterocycles. The van der Waals surface area contributed by atoms with E-state index in [0.29, 0.717) is 19.5 Å². The van der Waals surface area contributed by atoms with Gasteiger partial charge < -0.3 is 15.0 Å². The van der Waals surface area contributed by atoms with Crippen LogP contribution in [0.4, 0.5) is 0 Å². The summed E-state index contributed by atoms with van der Waals surface area (Å²) in [5.74, 6) is -0.366. The molecule has 0 bridgehead atoms. The van der Waals surface area contributed by atoms with Crippen LogP contribution in [0.25, 0.3) is 0 Å². The van der Waals surface area contributed by atoms with Gasteiger partial charge in [-0.15, -0.1) is 0 Å². The number of piperidine rings is 1. The van der Waals surface area contributed by atoms with Crippen LogP contribution < -0.4 is 5.32 Å². The van der Waals surface area contributed by atoms with Crippen molar-refractivity contribution < 1.29 is 14.3 Å². The number of rotatable bonds is 4. The van der Waals surface area contributed by atoms with E-state index in [2.05, 4.69) is 5.32 Å². The Morgan fingerprint density at radius 2 is 2.18 bits per heavy atom. The number of ether oxygens (including phenoxy) is 1. The quantitative estimate of drug-likeness (QED) is 0.725. The average molecular weight is 242 g/mol. The van der Waals surface area contributed by atoms with Crippen LogP contribution in [-0.2, 0) is 14.3 Å². The number of nitrogens with zero attached hydrogens (tertiary/aromatic N) is 1. The SMILES string of the molecule is CNCC(C)C(=O)N1CCCCC1C(=O)OC. The van der Waals surface area contributed by atoms with Crippen LogP contribution in [0.2, 0.25) is 0 Å². The first-order valence-corrected chi connectivity index (χ1v) is 6.14. The summed E-state index contributed by atoms with van der Waals surface area (Å²) in [6.07, 6.45) is 2.65. The molecule has 0 radical (unpaired) electrons. The maximum absolute atomic E-state index is 12.2. The molecule has 2 atom stereocenters. The lowest BCUT2D eigenvalue weighted by Crippen LogP contribution is -2.51. The Labute approximate surface area is 102 Å². The number of carbonyl (C=O) groups excluding carboxylic acids is 2. The summed E-state index contributed by atoms with van der Waals surface area (Å²) in [5.41, 5.74) is 0. The summed E-state index contributed by atoms with van der Waals surface area (Å²) < 4.78 is 4.76. The van der Waals surface area contributed by atoms with Crippen molar-refractivity contribution >= 4 is 11.9 Å². The smallest absolute Gasteiger partial charge is 0.328 e. The molecule has 1 saturated heterocycles. The van der Waals surface area contributed by atoms with Crippen LogP contribution in [-0.4, -0.2) is 50.1 Å². The molecule has 5 heteroatoms. The molecule has 1 fully saturated rings. The number of likely N-dealkylation sites (tertiary alicyclic amines) is 1. The molecule has 1 rings (SSSR count). The van der Waals surface area contributed by atoms with E-state index < -0.39 is 0 Å². The van der Waals surface area contributed by atoms with Crippen LogP contribution in [0.1, 0.15) is 26.2 Å². The lowest BCUT2D eigenvalue weighted by molar-refractivity contribution is -0.156. The van der Waals surface area contributed by atoms with Gasteiger partial charge in [-0.05, 0) is 26.3 Å². The van der Waals surface area contributed by atoms with Crippen LogP contribution in [0.3, 0.4) is 0 Å². The van der Waals surface area contributed by atoms with Crippen molar-refractivity contribution in [2.24, 2.45) is 5.92 Å². The number of hydrogen-bond donors (Lipinski definition) is 1. The minimum atomic E-state index is -0.388. The average Bonchev–Trinajstić information content (AvgIpc) is 2.37. The van der Waals surface area contributed by atoms with Crippen molar-refractivity contribution in [3.05, 3.63) is 0 Å². The molecule has 98 valence electrons. The molecular formula is C12H22N2O3. The third-order valence-corrected chi connectivity index (χ3v) is 3.19. The summed E-state index contributed by atoms with van der Waals surface area (Å²) >= 11 is 0. The van der Waals surface area contributed by atoms with E-state index in [1.54, 1.807) is 4.90 Å². The number of esters is 1. The van der Waals surface area contributed by atoms with Crippen molar-refractivity contribution in [2.45, 2.75) is 32.2 Å². The molecule has 1 amide bonds. The molecule has 1 aliphatic rings. The first-order chi connectivity index (χ1) is 8.11. The van der Waals surface area contributed by atoms with E-state index in [-0.39, 0.29) is 23.8 Å². The highest BCUT2D eigenvalue weighted by Gasteiger charge is 2.34. The molecule has 0 aliphatic carbocycles. The predicted molar refractivity (Wildman–Crippen MR) is 64.5 cm³/mol. The minimum Gasteiger partial charge on any atom is -0.467 e. The van der Waals surface area contributed by atoms with E-state index >= 15 is 0 Å². The van der Waals surface area contributed by atoms with Gasteiger partial charge in [-0.2, -0.15) is 0 Å². The van der Waals surface area contributed by atoms with E-state index in [4.69, 9.17) is 4.74 Å². The molecule has 2 unspecified atom stereocenters. The largest absolute Gasteiger partial charge is 0.467 e. The Morgan fingerprint density at radius 1 is 1.47 bits per heavy atom. The molecule has 0 aromatic rings. The van der Waals surface area contributed by atoms with Crippen molar-refractivity contribution in [1.29, 1.82) is 0 Å². The number of hydrogen-bond acceptors (Lipinski definition) is 4. The molecule has 5 nitrogen and oxygen atoms in total. The fourth-order valence-electron chi connectivity index (χ4n) is 2.25. The lowest BCUT2D eigenvalue weighted by atomic mass is 9.99. The van der Waals surface area contributed by atoms with Gasteiger partial charge in [-0.1, -0.05) is 6.92 Å². The van der Waals surface area contributed by atoms with Gasteiger partial charge in [0.25, 0.3) is 0 Å². The van der Waals surface area contributed by atoms with Crippen LogP contribution in [0, 0.1) is 5.92 Å². The van der Waals surface area contributed by atoms with Crippen molar-refractivity contribution in [3.63, 3.8) is 0 Å². The van der Waals surface area contributed by atoms with Gasteiger partial charge in [0.2, 0.25) is 5.91 Å². The maximum atomic E-state index is 12.2. The molecule has 1 N–H and O–H groups in total. The number of methoxy groups -OCH3 is 1. The highest BCUT2D eigenvalue weighted by atomic mass is 16.5. The summed E-state index contributed by atoms with van der Waals surface area (Å²) in [6.45, 7) is 3.16. The molecule has 1 aliphatic heterocycles. The monoisotopic (exact) mass is 242 g/mol. The van der Waals surface area contributed by atoms with E-state index in [0.717, 1.165) is 12.8 Å². The topological polar surface area (TPSA) is 58.6 Å². The molecule has 0 aromatic heterocycles. The summed E-state index contributed by atoms with van der Waals surface area (Å²) in [5, 5.41) is 2.98. The first kappa shape index (κ1) is 14.0. The Balaban J connectivity index is 2.70. The Bertz CT molecular complexity index is 281. The number of amides is 1. The Kier molecular flexibility index (Phi) is 5.41. The van der Waals surface area contributed by atoms with Crippen LogP contribution in [0.15, 0.2) is 0 Å². The first-order valence-electron chi connectivity index (χ1n) is 6.14. The third kappa shape index (κ3) is 3.43. The van der Waals surface area contributed by atoms with Gasteiger partial charge in [-0.25, -0.2) is 4.79 Å². The van der Waals surface area contributed by atoms with Gasteiger partial charge in [0.05, 0.1) is 7.11 Å². The maximum Gasteiger partial charge on any atom is 0.328 e. The van der Waals surface area contributed by atoms with Gasteiger partial charge in [-0.3, -0.25) is 4.79 Å². The van der Waals surface area contributed by atoms with Crippen molar-refractivity contribution in [3.8, 4) is 0 Å². The normalized spacial score (nSPS) is 22.1. The summed E-state index contributed by atoms with van der Waals surface area (Å²) in [4.78, 5) is 25.5. The highest BCUT2D eigenvalue weighted by Crippen LogP contribution is 2.20. The number of nitrogens with one attached hydrogen (secondary N) is 1. The molecule has 0 aromatic carbocycles. The highest BCUT2D eigenvalue weighted by molar-refractivity contribution is 5.86. The molecule has 17 heavy (non-hydrogen) atoms. The van der Waals surface area contributed by atoms with E-state index in [1.165, 1.54) is 7.11 Å². The minimum absolute atomic E-state index is 0.0365. The fraction of sp³-hybridized carbons (Fsp3) is 0.833. The zero-order chi connectivity index (χ0) is 12.8. The third-order valence-electron chi connectivity index (χ3n) is 3.19. The van der Waals surface area contributed by atoms with Crippen LogP contribution >= 0.6 is 0 Å². The molecule has 0 spiro atoms. The van der Waals surface area contributed by atoms with Crippen molar-refractivity contribution in [1.82, 2.24) is 10.2 Å². The van der Waals surface area contributed by atoms with Crippen LogP contribution in [0.5, 0.6) is 0 Å². The zero-order valence-corrected chi connectivity index (χ0v) is 10.9. The van der Waals surface area contributed by atoms with E-state index in [9.17, 15) is 9.59 Å². The van der Waals surface area contributed by atoms with Crippen molar-refractivity contribution in [2.75, 3.05) is 27.2 Å². The fourth-order valence-corrected chi connectivity index (χ4v) is 2.25. The molecule has 0 saturated carbocycles. The Hall–Kier alpha value is -1.10.